The van der Waals surface area contributed by atoms with Crippen molar-refractivity contribution in [2.45, 2.75) is 5.92 Å². The lowest BCUT2D eigenvalue weighted by Gasteiger charge is -2.29. The molecule has 9 heteroatoms. The number of anilines is 3. The average Bonchev–Trinajstić information content (AvgIpc) is 3.38. The molecule has 0 aromatic carbocycles. The van der Waals surface area contributed by atoms with Gasteiger partial charge >= 0.3 is 0 Å². The minimum absolute atomic E-state index is 0.227. The number of nitrogens with one attached hydrogen (secondary N) is 3. The number of hydrazone groups is 1. The van der Waals surface area contributed by atoms with E-state index in [9.17, 15) is 0 Å². The molecule has 5 heterocycles. The van der Waals surface area contributed by atoms with Crippen LogP contribution in [0.25, 0.3) is 10.3 Å². The summed E-state index contributed by atoms with van der Waals surface area (Å²) in [4.78, 5) is 17.1. The van der Waals surface area contributed by atoms with Crippen LogP contribution in [0.2, 0.25) is 0 Å². The van der Waals surface area contributed by atoms with Gasteiger partial charge in [-0.05, 0) is 18.2 Å². The zero-order valence-corrected chi connectivity index (χ0v) is 15.5. The van der Waals surface area contributed by atoms with Gasteiger partial charge < -0.3 is 21.0 Å². The predicted molar refractivity (Wildman–Crippen MR) is 109 cm³/mol. The molecule has 0 amide bonds. The molecule has 1 saturated heterocycles. The van der Waals surface area contributed by atoms with Crippen molar-refractivity contribution >= 4 is 44.5 Å². The second kappa shape index (κ2) is 7.09. The summed E-state index contributed by atoms with van der Waals surface area (Å²) in [7, 11) is 0. The van der Waals surface area contributed by atoms with Gasteiger partial charge in [-0.3, -0.25) is 0 Å². The van der Waals surface area contributed by atoms with Crippen LogP contribution in [0.5, 0.6) is 0 Å². The van der Waals surface area contributed by atoms with E-state index in [1.165, 1.54) is 5.69 Å². The molecule has 27 heavy (non-hydrogen) atoms. The van der Waals surface area contributed by atoms with Crippen LogP contribution in [0.15, 0.2) is 35.6 Å². The fourth-order valence-electron chi connectivity index (χ4n) is 3.34. The topological polar surface area (TPSA) is 90.4 Å². The number of piperazine rings is 1. The van der Waals surface area contributed by atoms with E-state index in [4.69, 9.17) is 4.98 Å². The van der Waals surface area contributed by atoms with Crippen LogP contribution in [0.3, 0.4) is 0 Å². The van der Waals surface area contributed by atoms with Crippen molar-refractivity contribution in [3.05, 3.63) is 36.2 Å². The molecule has 1 unspecified atom stereocenters. The van der Waals surface area contributed by atoms with E-state index in [-0.39, 0.29) is 5.92 Å². The van der Waals surface area contributed by atoms with Crippen LogP contribution < -0.4 is 21.0 Å². The number of hydrogen-bond donors (Lipinski definition) is 3. The summed E-state index contributed by atoms with van der Waals surface area (Å²) in [5, 5.41) is 11.6. The van der Waals surface area contributed by atoms with Crippen LogP contribution in [0.4, 0.5) is 16.6 Å². The maximum atomic E-state index is 4.76. The number of rotatable bonds is 4. The maximum absolute atomic E-state index is 4.76. The van der Waals surface area contributed by atoms with Gasteiger partial charge in [-0.1, -0.05) is 11.3 Å². The first kappa shape index (κ1) is 16.4. The Balaban J connectivity index is 1.37. The van der Waals surface area contributed by atoms with Crippen molar-refractivity contribution in [3.63, 3.8) is 0 Å². The number of nitrogens with zero attached hydrogens (tertiary/aromatic N) is 5. The van der Waals surface area contributed by atoms with Gasteiger partial charge in [-0.15, -0.1) is 0 Å². The molecule has 0 spiro atoms. The molecule has 0 bridgehead atoms. The van der Waals surface area contributed by atoms with Crippen LogP contribution in [0.1, 0.15) is 11.6 Å². The Morgan fingerprint density at radius 2 is 2.07 bits per heavy atom. The van der Waals surface area contributed by atoms with Crippen molar-refractivity contribution in [1.29, 1.82) is 0 Å². The average molecular weight is 380 g/mol. The van der Waals surface area contributed by atoms with Gasteiger partial charge in [0.05, 0.1) is 11.6 Å². The van der Waals surface area contributed by atoms with Crippen LogP contribution in [-0.4, -0.2) is 53.9 Å². The van der Waals surface area contributed by atoms with E-state index in [1.807, 2.05) is 24.5 Å². The summed E-state index contributed by atoms with van der Waals surface area (Å²) in [5.74, 6) is 1.03. The molecule has 0 saturated carbocycles. The Labute approximate surface area is 160 Å². The van der Waals surface area contributed by atoms with Gasteiger partial charge in [0.25, 0.3) is 0 Å². The summed E-state index contributed by atoms with van der Waals surface area (Å²) >= 11 is 1.54. The van der Waals surface area contributed by atoms with Gasteiger partial charge in [0.2, 0.25) is 0 Å². The Morgan fingerprint density at radius 1 is 1.15 bits per heavy atom. The fourth-order valence-corrected chi connectivity index (χ4v) is 4.19. The van der Waals surface area contributed by atoms with E-state index in [1.54, 1.807) is 11.3 Å². The molecule has 8 nitrogen and oxygen atoms in total. The minimum atomic E-state index is 0.227. The summed E-state index contributed by atoms with van der Waals surface area (Å²) < 4.78 is 0. The molecule has 5 rings (SSSR count). The molecule has 1 atom stereocenters. The van der Waals surface area contributed by atoms with Crippen molar-refractivity contribution < 1.29 is 0 Å². The van der Waals surface area contributed by atoms with E-state index in [0.29, 0.717) is 0 Å². The lowest BCUT2D eigenvalue weighted by atomic mass is 10.1. The Morgan fingerprint density at radius 3 is 2.93 bits per heavy atom. The number of aromatic nitrogens is 3. The molecule has 1 fully saturated rings. The molecule has 2 aliphatic rings. The highest BCUT2D eigenvalue weighted by Gasteiger charge is 2.16. The summed E-state index contributed by atoms with van der Waals surface area (Å²) in [5.41, 5.74) is 6.08. The quantitative estimate of drug-likeness (QED) is 0.637. The highest BCUT2D eigenvalue weighted by atomic mass is 32.1. The highest BCUT2D eigenvalue weighted by molar-refractivity contribution is 7.21. The second-order valence-corrected chi connectivity index (χ2v) is 7.57. The van der Waals surface area contributed by atoms with Gasteiger partial charge in [0.15, 0.2) is 5.13 Å². The second-order valence-electron chi connectivity index (χ2n) is 6.59. The molecular weight excluding hydrogens is 360 g/mol. The summed E-state index contributed by atoms with van der Waals surface area (Å²) in [6.07, 6.45) is 3.75. The smallest absolute Gasteiger partial charge is 0.190 e. The van der Waals surface area contributed by atoms with Gasteiger partial charge in [0, 0.05) is 56.9 Å². The van der Waals surface area contributed by atoms with E-state index >= 15 is 0 Å². The first-order valence-electron chi connectivity index (χ1n) is 9.07. The third-order valence-electron chi connectivity index (χ3n) is 4.77. The van der Waals surface area contributed by atoms with Crippen molar-refractivity contribution in [2.75, 3.05) is 42.9 Å². The SMILES string of the molecule is C1=NNCC1c1ccc2nc(Nc3cc(N4CCNCC4)ccn3)sc2n1. The summed E-state index contributed by atoms with van der Waals surface area (Å²) in [6, 6.07) is 8.19. The molecule has 2 aliphatic heterocycles. The highest BCUT2D eigenvalue weighted by Crippen LogP contribution is 2.29. The third-order valence-corrected chi connectivity index (χ3v) is 5.66. The number of fused-ring (bicyclic) bond motifs is 1. The molecular formula is C18H20N8S. The Hall–Kier alpha value is -2.78. The first-order chi connectivity index (χ1) is 13.3. The number of hydrogen-bond acceptors (Lipinski definition) is 9. The zero-order chi connectivity index (χ0) is 18.1. The van der Waals surface area contributed by atoms with Crippen molar-refractivity contribution in [1.82, 2.24) is 25.7 Å². The lowest BCUT2D eigenvalue weighted by molar-refractivity contribution is 0.589. The largest absolute Gasteiger partial charge is 0.369 e. The molecule has 0 aliphatic carbocycles. The Kier molecular flexibility index (Phi) is 4.30. The van der Waals surface area contributed by atoms with Gasteiger partial charge in [-0.25, -0.2) is 15.0 Å². The first-order valence-corrected chi connectivity index (χ1v) is 9.89. The standard InChI is InChI=1S/C18H20N8S/c1-2-15-17(23-14(1)12-10-21-22-11-12)27-18(24-15)25-16-9-13(3-4-20-16)26-7-5-19-6-8-26/h1-4,9-10,12,19,22H,5-8,11H2,(H,20,24,25). The fraction of sp³-hybridized carbons (Fsp3) is 0.333. The zero-order valence-electron chi connectivity index (χ0n) is 14.7. The van der Waals surface area contributed by atoms with Gasteiger partial charge in [0.1, 0.15) is 16.2 Å². The predicted octanol–water partition coefficient (Wildman–Crippen LogP) is 1.91. The molecule has 3 N–H and O–H groups in total. The monoisotopic (exact) mass is 380 g/mol. The van der Waals surface area contributed by atoms with Crippen molar-refractivity contribution in [2.24, 2.45) is 5.10 Å². The molecule has 138 valence electrons. The molecule has 3 aromatic rings. The normalized spacial score (nSPS) is 19.4. The minimum Gasteiger partial charge on any atom is -0.369 e. The lowest BCUT2D eigenvalue weighted by Crippen LogP contribution is -2.43. The Bertz CT molecular complexity index is 978. The van der Waals surface area contributed by atoms with E-state index < -0.39 is 0 Å². The maximum Gasteiger partial charge on any atom is 0.190 e. The number of pyridine rings is 2. The van der Waals surface area contributed by atoms with Crippen LogP contribution >= 0.6 is 11.3 Å². The van der Waals surface area contributed by atoms with E-state index in [0.717, 1.165) is 59.7 Å². The van der Waals surface area contributed by atoms with E-state index in [2.05, 4.69) is 48.2 Å². The van der Waals surface area contributed by atoms with Crippen LogP contribution in [-0.2, 0) is 0 Å². The van der Waals surface area contributed by atoms with Gasteiger partial charge in [-0.2, -0.15) is 5.10 Å². The molecule has 3 aromatic heterocycles. The molecule has 0 radical (unpaired) electrons. The van der Waals surface area contributed by atoms with Crippen LogP contribution in [0, 0.1) is 0 Å². The van der Waals surface area contributed by atoms with Crippen molar-refractivity contribution in [3.8, 4) is 0 Å². The summed E-state index contributed by atoms with van der Waals surface area (Å²) in [6.45, 7) is 4.84. The number of thiazole rings is 1. The third kappa shape index (κ3) is 3.43.